The van der Waals surface area contributed by atoms with E-state index in [1.165, 1.54) is 17.0 Å². The zero-order valence-electron chi connectivity index (χ0n) is 24.1. The largest absolute Gasteiger partial charge is 0.508 e. The number of amides is 3. The van der Waals surface area contributed by atoms with Gasteiger partial charge >= 0.3 is 6.09 Å². The maximum absolute atomic E-state index is 14.2. The van der Waals surface area contributed by atoms with Crippen LogP contribution in [0.1, 0.15) is 75.6 Å². The van der Waals surface area contributed by atoms with Crippen molar-refractivity contribution < 1.29 is 24.2 Å². The lowest BCUT2D eigenvalue weighted by Gasteiger charge is -2.34. The highest BCUT2D eigenvalue weighted by atomic mass is 16.6. The minimum absolute atomic E-state index is 0.0203. The summed E-state index contributed by atoms with van der Waals surface area (Å²) in [7, 11) is 0. The number of ether oxygens (including phenoxy) is 1. The minimum atomic E-state index is -1.16. The van der Waals surface area contributed by atoms with Gasteiger partial charge in [0.2, 0.25) is 11.8 Å². The van der Waals surface area contributed by atoms with Crippen LogP contribution in [0.5, 0.6) is 5.75 Å². The lowest BCUT2D eigenvalue weighted by atomic mass is 9.94. The molecule has 0 bridgehead atoms. The first-order valence-electron chi connectivity index (χ1n) is 14.0. The lowest BCUT2D eigenvalue weighted by molar-refractivity contribution is -0.142. The van der Waals surface area contributed by atoms with Crippen molar-refractivity contribution in [2.75, 3.05) is 6.54 Å². The maximum atomic E-state index is 14.2. The second kappa shape index (κ2) is 14.4. The van der Waals surface area contributed by atoms with Gasteiger partial charge in [0, 0.05) is 12.5 Å². The van der Waals surface area contributed by atoms with Crippen LogP contribution in [0.25, 0.3) is 6.08 Å². The highest BCUT2D eigenvalue weighted by Gasteiger charge is 2.37. The molecule has 2 unspecified atom stereocenters. The van der Waals surface area contributed by atoms with Crippen molar-refractivity contribution in [1.29, 1.82) is 5.26 Å². The molecule has 2 aromatic carbocycles. The Hall–Kier alpha value is -4.32. The van der Waals surface area contributed by atoms with Crippen molar-refractivity contribution in [3.63, 3.8) is 0 Å². The molecule has 2 atom stereocenters. The summed E-state index contributed by atoms with van der Waals surface area (Å²) in [5.74, 6) is -0.940. The molecule has 3 N–H and O–H groups in total. The third-order valence-corrected chi connectivity index (χ3v) is 6.86. The highest BCUT2D eigenvalue weighted by Crippen LogP contribution is 2.26. The number of nitrogens with zero attached hydrogens (tertiary/aromatic N) is 2. The number of nitrogens with one attached hydrogen (secondary N) is 2. The van der Waals surface area contributed by atoms with Crippen LogP contribution in [-0.4, -0.2) is 52.1 Å². The van der Waals surface area contributed by atoms with E-state index in [-0.39, 0.29) is 30.7 Å². The Balaban J connectivity index is 2.02. The van der Waals surface area contributed by atoms with E-state index in [0.29, 0.717) is 11.1 Å². The Morgan fingerprint density at radius 2 is 1.83 bits per heavy atom. The van der Waals surface area contributed by atoms with Crippen molar-refractivity contribution in [1.82, 2.24) is 15.5 Å². The van der Waals surface area contributed by atoms with Gasteiger partial charge in [-0.2, -0.15) is 5.26 Å². The molecule has 0 spiro atoms. The van der Waals surface area contributed by atoms with Gasteiger partial charge in [0.25, 0.3) is 0 Å². The van der Waals surface area contributed by atoms with Gasteiger partial charge in [0.05, 0.1) is 6.07 Å². The average Bonchev–Trinajstić information content (AvgIpc) is 2.93. The van der Waals surface area contributed by atoms with Crippen molar-refractivity contribution >= 4 is 24.0 Å². The van der Waals surface area contributed by atoms with Gasteiger partial charge < -0.3 is 25.4 Å². The number of hydrogen-bond donors (Lipinski definition) is 3. The predicted octanol–water partition coefficient (Wildman–Crippen LogP) is 5.01. The molecule has 0 radical (unpaired) electrons. The van der Waals surface area contributed by atoms with E-state index < -0.39 is 29.7 Å². The molecule has 1 saturated carbocycles. The number of rotatable bonds is 10. The summed E-state index contributed by atoms with van der Waals surface area (Å²) in [6.45, 7) is 8.57. The third kappa shape index (κ3) is 9.38. The van der Waals surface area contributed by atoms with Crippen LogP contribution in [0.2, 0.25) is 0 Å². The SMILES string of the molecule is C=Cc1cccc(C(C(=O)NC2CCCCC2)N(CC#N)C(=O)C(Cc2ccc(O)cc2)NC(=O)OC(C)(C)C)c1. The molecule has 1 aliphatic rings. The van der Waals surface area contributed by atoms with Crippen molar-refractivity contribution in [3.05, 3.63) is 71.8 Å². The zero-order chi connectivity index (χ0) is 30.0. The molecule has 9 heteroatoms. The summed E-state index contributed by atoms with van der Waals surface area (Å²) in [5.41, 5.74) is 1.14. The maximum Gasteiger partial charge on any atom is 0.408 e. The van der Waals surface area contributed by atoms with Crippen molar-refractivity contribution in [2.45, 2.75) is 83.0 Å². The molecule has 2 aromatic rings. The van der Waals surface area contributed by atoms with E-state index in [1.807, 2.05) is 12.1 Å². The fourth-order valence-electron chi connectivity index (χ4n) is 4.95. The number of benzene rings is 2. The normalized spacial score (nSPS) is 15.1. The molecule has 0 aromatic heterocycles. The first kappa shape index (κ1) is 31.2. The topological polar surface area (TPSA) is 132 Å². The van der Waals surface area contributed by atoms with E-state index >= 15 is 0 Å². The third-order valence-electron chi connectivity index (χ3n) is 6.86. The lowest BCUT2D eigenvalue weighted by Crippen LogP contribution is -2.54. The molecule has 1 fully saturated rings. The Bertz CT molecular complexity index is 1260. The van der Waals surface area contributed by atoms with E-state index in [9.17, 15) is 24.8 Å². The van der Waals surface area contributed by atoms with Gasteiger partial charge in [0.15, 0.2) is 0 Å². The van der Waals surface area contributed by atoms with Crippen molar-refractivity contribution in [3.8, 4) is 11.8 Å². The highest BCUT2D eigenvalue weighted by molar-refractivity contribution is 5.92. The number of hydrogen-bond acceptors (Lipinski definition) is 6. The van der Waals surface area contributed by atoms with E-state index in [4.69, 9.17) is 4.74 Å². The Morgan fingerprint density at radius 3 is 2.44 bits per heavy atom. The fourth-order valence-corrected chi connectivity index (χ4v) is 4.95. The van der Waals surface area contributed by atoms with Gasteiger partial charge in [0.1, 0.15) is 30.0 Å². The van der Waals surface area contributed by atoms with Gasteiger partial charge in [-0.05, 0) is 68.5 Å². The predicted molar refractivity (Wildman–Crippen MR) is 157 cm³/mol. The number of nitriles is 1. The molecule has 3 amide bonds. The molecule has 1 aliphatic carbocycles. The molecule has 218 valence electrons. The van der Waals surface area contributed by atoms with Crippen LogP contribution in [0.4, 0.5) is 4.79 Å². The molecule has 0 saturated heterocycles. The number of phenols is 1. The molecule has 0 heterocycles. The first-order chi connectivity index (χ1) is 19.5. The summed E-state index contributed by atoms with van der Waals surface area (Å²) >= 11 is 0. The number of alkyl carbamates (subject to hydrolysis) is 1. The first-order valence-corrected chi connectivity index (χ1v) is 14.0. The van der Waals surface area contributed by atoms with Crippen molar-refractivity contribution in [2.24, 2.45) is 0 Å². The quantitative estimate of drug-likeness (QED) is 0.350. The summed E-state index contributed by atoms with van der Waals surface area (Å²) in [4.78, 5) is 42.1. The van der Waals surface area contributed by atoms with Crippen LogP contribution in [0.15, 0.2) is 55.1 Å². The number of aromatic hydroxyl groups is 1. The minimum Gasteiger partial charge on any atom is -0.508 e. The van der Waals surface area contributed by atoms with Gasteiger partial charge in [-0.25, -0.2) is 4.79 Å². The number of carbonyl (C=O) groups excluding carboxylic acids is 3. The van der Waals surface area contributed by atoms with Gasteiger partial charge in [-0.1, -0.05) is 62.2 Å². The van der Waals surface area contributed by atoms with E-state index in [1.54, 1.807) is 57.2 Å². The summed E-state index contributed by atoms with van der Waals surface area (Å²) in [6.07, 6.45) is 5.72. The van der Waals surface area contributed by atoms with Crippen LogP contribution in [0, 0.1) is 11.3 Å². The standard InChI is InChI=1S/C32H40N4O5/c1-5-22-10-9-11-24(20-22)28(29(38)34-25-12-7-6-8-13-25)36(19-18-33)30(39)27(35-31(40)41-32(2,3)4)21-23-14-16-26(37)17-15-23/h5,9-11,14-17,20,25,27-28,37H,1,6-8,12-13,19,21H2,2-4H3,(H,34,38)(H,35,40). The fraction of sp³-hybridized carbons (Fsp3) is 0.438. The summed E-state index contributed by atoms with van der Waals surface area (Å²) in [5, 5.41) is 25.3. The van der Waals surface area contributed by atoms with Crippen LogP contribution in [0.3, 0.4) is 0 Å². The monoisotopic (exact) mass is 560 g/mol. The molecule has 41 heavy (non-hydrogen) atoms. The van der Waals surface area contributed by atoms with Crippen LogP contribution >= 0.6 is 0 Å². The number of phenolic OH excluding ortho intramolecular Hbond substituents is 1. The second-order valence-corrected chi connectivity index (χ2v) is 11.3. The second-order valence-electron chi connectivity index (χ2n) is 11.3. The Kier molecular flexibility index (Phi) is 10.9. The van der Waals surface area contributed by atoms with Gasteiger partial charge in [-0.15, -0.1) is 0 Å². The van der Waals surface area contributed by atoms with E-state index in [2.05, 4.69) is 17.2 Å². The van der Waals surface area contributed by atoms with Crippen LogP contribution < -0.4 is 10.6 Å². The summed E-state index contributed by atoms with van der Waals surface area (Å²) < 4.78 is 5.42. The molecule has 3 rings (SSSR count). The number of carbonyl (C=O) groups is 3. The molecular weight excluding hydrogens is 520 g/mol. The zero-order valence-corrected chi connectivity index (χ0v) is 24.1. The Morgan fingerprint density at radius 1 is 1.15 bits per heavy atom. The van der Waals surface area contributed by atoms with Gasteiger partial charge in [-0.3, -0.25) is 9.59 Å². The van der Waals surface area contributed by atoms with E-state index in [0.717, 1.165) is 37.7 Å². The summed E-state index contributed by atoms with van der Waals surface area (Å²) in [6, 6.07) is 13.1. The molecule has 9 nitrogen and oxygen atoms in total. The molecule has 0 aliphatic heterocycles. The average molecular weight is 561 g/mol. The Labute approximate surface area is 242 Å². The molecular formula is C32H40N4O5. The van der Waals surface area contributed by atoms with Crippen LogP contribution in [-0.2, 0) is 20.7 Å². The smallest absolute Gasteiger partial charge is 0.408 e.